The lowest BCUT2D eigenvalue weighted by molar-refractivity contribution is -0.0645. The number of hydrogen-bond acceptors (Lipinski definition) is 4. The van der Waals surface area contributed by atoms with E-state index in [4.69, 9.17) is 5.11 Å². The zero-order chi connectivity index (χ0) is 13.7. The van der Waals surface area contributed by atoms with Gasteiger partial charge in [-0.05, 0) is 18.4 Å². The molecule has 1 aliphatic heterocycles. The van der Waals surface area contributed by atoms with Gasteiger partial charge in [0.15, 0.2) is 0 Å². The van der Waals surface area contributed by atoms with Crippen LogP contribution in [0.1, 0.15) is 24.8 Å². The average Bonchev–Trinajstić information content (AvgIpc) is 2.42. The summed E-state index contributed by atoms with van der Waals surface area (Å²) in [7, 11) is 0. The molecular weight excluding hydrogens is 242 g/mol. The van der Waals surface area contributed by atoms with Gasteiger partial charge >= 0.3 is 0 Å². The molecule has 1 heterocycles. The number of benzene rings is 1. The number of hydrogen-bond donors (Lipinski definition) is 3. The Labute approximate surface area is 114 Å². The molecule has 1 atom stereocenters. The van der Waals surface area contributed by atoms with Gasteiger partial charge in [-0.3, -0.25) is 4.90 Å². The van der Waals surface area contributed by atoms with E-state index in [9.17, 15) is 10.2 Å². The second-order valence-electron chi connectivity index (χ2n) is 5.53. The fourth-order valence-electron chi connectivity index (χ4n) is 2.68. The molecule has 4 nitrogen and oxygen atoms in total. The van der Waals surface area contributed by atoms with Crippen LogP contribution < -0.4 is 0 Å². The molecule has 1 aromatic rings. The summed E-state index contributed by atoms with van der Waals surface area (Å²) >= 11 is 0. The lowest BCUT2D eigenvalue weighted by Crippen LogP contribution is -2.46. The smallest absolute Gasteiger partial charge is 0.0798 e. The molecule has 19 heavy (non-hydrogen) atoms. The summed E-state index contributed by atoms with van der Waals surface area (Å²) in [5, 5.41) is 28.7. The molecule has 0 amide bonds. The monoisotopic (exact) mass is 265 g/mol. The van der Waals surface area contributed by atoms with E-state index in [1.54, 1.807) is 0 Å². The topological polar surface area (TPSA) is 63.9 Å². The molecule has 0 aromatic heterocycles. The van der Waals surface area contributed by atoms with E-state index in [0.717, 1.165) is 19.6 Å². The number of aliphatic hydroxyl groups excluding tert-OH is 2. The Kier molecular flexibility index (Phi) is 4.93. The van der Waals surface area contributed by atoms with Crippen LogP contribution in [0.2, 0.25) is 0 Å². The highest BCUT2D eigenvalue weighted by atomic mass is 16.3. The Morgan fingerprint density at radius 3 is 2.37 bits per heavy atom. The highest BCUT2D eigenvalue weighted by Crippen LogP contribution is 2.27. The molecule has 0 radical (unpaired) electrons. The lowest BCUT2D eigenvalue weighted by Gasteiger charge is -2.39. The van der Waals surface area contributed by atoms with Crippen molar-refractivity contribution in [2.24, 2.45) is 0 Å². The van der Waals surface area contributed by atoms with Gasteiger partial charge in [-0.1, -0.05) is 30.3 Å². The largest absolute Gasteiger partial charge is 0.394 e. The first-order chi connectivity index (χ1) is 9.11. The summed E-state index contributed by atoms with van der Waals surface area (Å²) in [6, 6.07) is 10.3. The first-order valence-corrected chi connectivity index (χ1v) is 6.89. The fraction of sp³-hybridized carbons (Fsp3) is 0.600. The average molecular weight is 265 g/mol. The molecule has 1 aliphatic rings. The summed E-state index contributed by atoms with van der Waals surface area (Å²) < 4.78 is 0. The predicted molar refractivity (Wildman–Crippen MR) is 73.6 cm³/mol. The van der Waals surface area contributed by atoms with E-state index < -0.39 is 11.7 Å². The number of aliphatic hydroxyl groups is 3. The number of nitrogens with zero attached hydrogens (tertiary/aromatic N) is 1. The van der Waals surface area contributed by atoms with E-state index in [1.807, 2.05) is 18.2 Å². The lowest BCUT2D eigenvalue weighted by atomic mass is 9.86. The van der Waals surface area contributed by atoms with Gasteiger partial charge in [0.05, 0.1) is 18.3 Å². The van der Waals surface area contributed by atoms with Crippen LogP contribution in [0.3, 0.4) is 0 Å². The van der Waals surface area contributed by atoms with Gasteiger partial charge < -0.3 is 15.3 Å². The van der Waals surface area contributed by atoms with E-state index >= 15 is 0 Å². The van der Waals surface area contributed by atoms with Gasteiger partial charge in [0.25, 0.3) is 0 Å². The van der Waals surface area contributed by atoms with E-state index in [1.165, 1.54) is 5.56 Å². The van der Waals surface area contributed by atoms with E-state index in [-0.39, 0.29) is 13.0 Å². The van der Waals surface area contributed by atoms with Crippen LogP contribution in [0.25, 0.3) is 0 Å². The SMILES string of the molecule is OCC(O)CC1(O)CCN(Cc2ccccc2)CC1. The van der Waals surface area contributed by atoms with Gasteiger partial charge in [0.2, 0.25) is 0 Å². The van der Waals surface area contributed by atoms with Crippen molar-refractivity contribution >= 4 is 0 Å². The third kappa shape index (κ3) is 4.28. The van der Waals surface area contributed by atoms with Crippen molar-refractivity contribution in [1.29, 1.82) is 0 Å². The summed E-state index contributed by atoms with van der Waals surface area (Å²) in [6.07, 6.45) is 0.752. The molecule has 1 aromatic carbocycles. The van der Waals surface area contributed by atoms with Gasteiger partial charge in [-0.25, -0.2) is 0 Å². The number of rotatable bonds is 5. The molecule has 1 unspecified atom stereocenters. The van der Waals surface area contributed by atoms with Crippen LogP contribution in [-0.4, -0.2) is 51.6 Å². The van der Waals surface area contributed by atoms with E-state index in [0.29, 0.717) is 12.8 Å². The molecule has 0 saturated carbocycles. The zero-order valence-electron chi connectivity index (χ0n) is 11.2. The minimum atomic E-state index is -0.824. The predicted octanol–water partition coefficient (Wildman–Crippen LogP) is 0.757. The van der Waals surface area contributed by atoms with Crippen LogP contribution in [0.5, 0.6) is 0 Å². The maximum absolute atomic E-state index is 10.4. The van der Waals surface area contributed by atoms with Crippen molar-refractivity contribution in [2.45, 2.75) is 37.5 Å². The third-order valence-electron chi connectivity index (χ3n) is 3.86. The summed E-state index contributed by atoms with van der Waals surface area (Å²) in [5.74, 6) is 0. The molecule has 2 rings (SSSR count). The Balaban J connectivity index is 1.82. The van der Waals surface area contributed by atoms with Crippen LogP contribution >= 0.6 is 0 Å². The van der Waals surface area contributed by atoms with Gasteiger partial charge in [0.1, 0.15) is 0 Å². The quantitative estimate of drug-likeness (QED) is 0.735. The number of piperidine rings is 1. The Morgan fingerprint density at radius 2 is 1.79 bits per heavy atom. The Bertz CT molecular complexity index is 374. The second-order valence-corrected chi connectivity index (χ2v) is 5.53. The molecule has 4 heteroatoms. The number of likely N-dealkylation sites (tertiary alicyclic amines) is 1. The van der Waals surface area contributed by atoms with Crippen LogP contribution in [0.15, 0.2) is 30.3 Å². The van der Waals surface area contributed by atoms with Crippen molar-refractivity contribution in [2.75, 3.05) is 19.7 Å². The summed E-state index contributed by atoms with van der Waals surface area (Å²) in [6.45, 7) is 2.27. The van der Waals surface area contributed by atoms with E-state index in [2.05, 4.69) is 17.0 Å². The zero-order valence-corrected chi connectivity index (χ0v) is 11.2. The molecule has 0 aliphatic carbocycles. The fourth-order valence-corrected chi connectivity index (χ4v) is 2.68. The second kappa shape index (κ2) is 6.48. The van der Waals surface area contributed by atoms with Crippen LogP contribution in [-0.2, 0) is 6.54 Å². The summed E-state index contributed by atoms with van der Waals surface area (Å²) in [5.41, 5.74) is 0.457. The molecule has 3 N–H and O–H groups in total. The van der Waals surface area contributed by atoms with Gasteiger partial charge in [-0.2, -0.15) is 0 Å². The first-order valence-electron chi connectivity index (χ1n) is 6.89. The van der Waals surface area contributed by atoms with Crippen molar-refractivity contribution in [3.05, 3.63) is 35.9 Å². The van der Waals surface area contributed by atoms with Gasteiger partial charge in [0, 0.05) is 26.1 Å². The van der Waals surface area contributed by atoms with Crippen LogP contribution in [0, 0.1) is 0 Å². The third-order valence-corrected chi connectivity index (χ3v) is 3.86. The minimum absolute atomic E-state index is 0.267. The molecule has 1 saturated heterocycles. The molecular formula is C15H23NO3. The van der Waals surface area contributed by atoms with Gasteiger partial charge in [-0.15, -0.1) is 0 Å². The Hall–Kier alpha value is -0.940. The summed E-state index contributed by atoms with van der Waals surface area (Å²) in [4.78, 5) is 2.31. The van der Waals surface area contributed by atoms with Crippen molar-refractivity contribution in [3.63, 3.8) is 0 Å². The van der Waals surface area contributed by atoms with Crippen molar-refractivity contribution in [3.8, 4) is 0 Å². The van der Waals surface area contributed by atoms with Crippen molar-refractivity contribution < 1.29 is 15.3 Å². The molecule has 0 bridgehead atoms. The molecule has 106 valence electrons. The maximum Gasteiger partial charge on any atom is 0.0798 e. The minimum Gasteiger partial charge on any atom is -0.394 e. The molecule has 1 fully saturated rings. The van der Waals surface area contributed by atoms with Crippen LogP contribution in [0.4, 0.5) is 0 Å². The highest BCUT2D eigenvalue weighted by Gasteiger charge is 2.33. The molecule has 0 spiro atoms. The first kappa shape index (κ1) is 14.5. The maximum atomic E-state index is 10.4. The highest BCUT2D eigenvalue weighted by molar-refractivity contribution is 5.14. The Morgan fingerprint density at radius 1 is 1.16 bits per heavy atom. The van der Waals surface area contributed by atoms with Crippen molar-refractivity contribution in [1.82, 2.24) is 4.90 Å². The normalized spacial score (nSPS) is 21.2. The standard InChI is InChI=1S/C15H23NO3/c17-12-14(18)10-15(19)6-8-16(9-7-15)11-13-4-2-1-3-5-13/h1-5,14,17-19H,6-12H2.